The molecule has 1 N–H and O–H groups in total. The molecular weight excluding hydrogens is 257 g/mol. The number of rotatable bonds is 5. The molecule has 0 spiro atoms. The van der Waals surface area contributed by atoms with Crippen LogP contribution in [0.4, 0.5) is 5.69 Å². The molecule has 1 aromatic carbocycles. The molecule has 0 aromatic heterocycles. The minimum absolute atomic E-state index is 0.338. The van der Waals surface area contributed by atoms with Crippen LogP contribution in [0.15, 0.2) is 12.1 Å². The normalized spacial score (nSPS) is 11.1. The lowest BCUT2D eigenvalue weighted by Crippen LogP contribution is -2.10. The summed E-state index contributed by atoms with van der Waals surface area (Å²) in [5.74, 6) is 1.01. The van der Waals surface area contributed by atoms with E-state index < -0.39 is 0 Å². The number of anilines is 1. The zero-order chi connectivity index (χ0) is 13.0. The summed E-state index contributed by atoms with van der Waals surface area (Å²) in [6.07, 6.45) is 0. The van der Waals surface area contributed by atoms with Crippen LogP contribution >= 0.6 is 23.2 Å². The van der Waals surface area contributed by atoms with E-state index in [4.69, 9.17) is 27.9 Å². The lowest BCUT2D eigenvalue weighted by Gasteiger charge is -2.15. The fraction of sp³-hybridized carbons (Fsp3) is 0.538. The zero-order valence-corrected chi connectivity index (χ0v) is 12.2. The summed E-state index contributed by atoms with van der Waals surface area (Å²) in [5, 5.41) is 4.34. The fourth-order valence-corrected chi connectivity index (χ4v) is 1.96. The van der Waals surface area contributed by atoms with Gasteiger partial charge in [-0.3, -0.25) is 0 Å². The van der Waals surface area contributed by atoms with Gasteiger partial charge in [-0.1, -0.05) is 37.0 Å². The van der Waals surface area contributed by atoms with Gasteiger partial charge in [-0.2, -0.15) is 0 Å². The lowest BCUT2D eigenvalue weighted by molar-refractivity contribution is 0.271. The van der Waals surface area contributed by atoms with E-state index in [2.05, 4.69) is 33.0 Å². The fourth-order valence-electron chi connectivity index (χ4n) is 1.36. The van der Waals surface area contributed by atoms with Gasteiger partial charge in [-0.15, -0.1) is 0 Å². The molecule has 0 aliphatic rings. The molecule has 0 aliphatic carbocycles. The van der Waals surface area contributed by atoms with Crippen LogP contribution in [0.5, 0.6) is 5.75 Å². The number of hydrogen-bond donors (Lipinski definition) is 1. The molecule has 0 saturated carbocycles. The third kappa shape index (κ3) is 4.64. The van der Waals surface area contributed by atoms with Crippen LogP contribution in [0.2, 0.25) is 10.0 Å². The van der Waals surface area contributed by atoms with Gasteiger partial charge in [0.1, 0.15) is 0 Å². The van der Waals surface area contributed by atoms with Gasteiger partial charge >= 0.3 is 0 Å². The maximum atomic E-state index is 6.15. The molecular formula is C13H19Cl2NO. The maximum Gasteiger partial charge on any atom is 0.156 e. The quantitative estimate of drug-likeness (QED) is 0.830. The minimum Gasteiger partial charge on any atom is -0.490 e. The number of benzene rings is 1. The van der Waals surface area contributed by atoms with Gasteiger partial charge in [-0.05, 0) is 31.9 Å². The van der Waals surface area contributed by atoms with Crippen molar-refractivity contribution in [3.63, 3.8) is 0 Å². The van der Waals surface area contributed by atoms with E-state index in [0.717, 1.165) is 5.69 Å². The standard InChI is InChI=1S/C13H19Cl2NO/c1-8(2)7-17-13-11(14)5-10(6-12(13)15)16-9(3)4/h5-6,8-9,16H,7H2,1-4H3. The highest BCUT2D eigenvalue weighted by atomic mass is 35.5. The Morgan fingerprint density at radius 2 is 1.65 bits per heavy atom. The predicted molar refractivity (Wildman–Crippen MR) is 75.6 cm³/mol. The molecule has 0 atom stereocenters. The zero-order valence-electron chi connectivity index (χ0n) is 10.7. The molecule has 0 radical (unpaired) electrons. The minimum atomic E-state index is 0.338. The average Bonchev–Trinajstić information content (AvgIpc) is 2.14. The molecule has 0 saturated heterocycles. The summed E-state index contributed by atoms with van der Waals surface area (Å²) in [4.78, 5) is 0. The molecule has 0 fully saturated rings. The van der Waals surface area contributed by atoms with E-state index in [0.29, 0.717) is 34.4 Å². The van der Waals surface area contributed by atoms with E-state index in [-0.39, 0.29) is 0 Å². The Bertz CT molecular complexity index is 355. The average molecular weight is 276 g/mol. The smallest absolute Gasteiger partial charge is 0.156 e. The van der Waals surface area contributed by atoms with E-state index in [1.165, 1.54) is 0 Å². The van der Waals surface area contributed by atoms with Crippen LogP contribution in [0.25, 0.3) is 0 Å². The maximum absolute atomic E-state index is 6.15. The molecule has 0 aliphatic heterocycles. The van der Waals surface area contributed by atoms with Crippen LogP contribution in [-0.2, 0) is 0 Å². The molecule has 17 heavy (non-hydrogen) atoms. The molecule has 96 valence electrons. The first-order valence-corrected chi connectivity index (χ1v) is 6.54. The summed E-state index contributed by atoms with van der Waals surface area (Å²) in [7, 11) is 0. The van der Waals surface area contributed by atoms with Crippen LogP contribution in [0.1, 0.15) is 27.7 Å². The first-order valence-electron chi connectivity index (χ1n) is 5.78. The van der Waals surface area contributed by atoms with Gasteiger partial charge in [0, 0.05) is 11.7 Å². The highest BCUT2D eigenvalue weighted by Gasteiger charge is 2.10. The summed E-state index contributed by atoms with van der Waals surface area (Å²) in [6.45, 7) is 8.89. The van der Waals surface area contributed by atoms with Crippen molar-refractivity contribution in [1.82, 2.24) is 0 Å². The van der Waals surface area contributed by atoms with E-state index in [1.54, 1.807) is 0 Å². The van der Waals surface area contributed by atoms with Crippen molar-refractivity contribution in [3.05, 3.63) is 22.2 Å². The topological polar surface area (TPSA) is 21.3 Å². The second kappa shape index (κ2) is 6.36. The van der Waals surface area contributed by atoms with Gasteiger partial charge in [0.15, 0.2) is 5.75 Å². The van der Waals surface area contributed by atoms with Crippen LogP contribution in [0, 0.1) is 5.92 Å². The second-order valence-corrected chi connectivity index (χ2v) is 5.59. The van der Waals surface area contributed by atoms with Gasteiger partial charge in [0.05, 0.1) is 16.7 Å². The molecule has 1 rings (SSSR count). The SMILES string of the molecule is CC(C)COc1c(Cl)cc(NC(C)C)cc1Cl. The number of halogens is 2. The van der Waals surface area contributed by atoms with Crippen molar-refractivity contribution in [2.45, 2.75) is 33.7 Å². The molecule has 2 nitrogen and oxygen atoms in total. The number of nitrogens with one attached hydrogen (secondary N) is 1. The van der Waals surface area contributed by atoms with Gasteiger partial charge in [-0.25, -0.2) is 0 Å². The van der Waals surface area contributed by atoms with Crippen molar-refractivity contribution in [1.29, 1.82) is 0 Å². The summed E-state index contributed by atoms with van der Waals surface area (Å²) in [5.41, 5.74) is 0.909. The van der Waals surface area contributed by atoms with Crippen LogP contribution < -0.4 is 10.1 Å². The molecule has 0 amide bonds. The van der Waals surface area contributed by atoms with Crippen molar-refractivity contribution in [2.75, 3.05) is 11.9 Å². The monoisotopic (exact) mass is 275 g/mol. The number of hydrogen-bond acceptors (Lipinski definition) is 2. The molecule has 1 aromatic rings. The van der Waals surface area contributed by atoms with Gasteiger partial charge in [0.2, 0.25) is 0 Å². The van der Waals surface area contributed by atoms with E-state index >= 15 is 0 Å². The summed E-state index contributed by atoms with van der Waals surface area (Å²) >= 11 is 12.3. The Kier molecular flexibility index (Phi) is 5.41. The van der Waals surface area contributed by atoms with E-state index in [9.17, 15) is 0 Å². The Morgan fingerprint density at radius 1 is 1.12 bits per heavy atom. The molecule has 0 heterocycles. The second-order valence-electron chi connectivity index (χ2n) is 4.77. The van der Waals surface area contributed by atoms with Gasteiger partial charge < -0.3 is 10.1 Å². The third-order valence-corrected chi connectivity index (χ3v) is 2.58. The summed E-state index contributed by atoms with van der Waals surface area (Å²) < 4.78 is 5.60. The molecule has 0 unspecified atom stereocenters. The Labute approximate surface area is 113 Å². The van der Waals surface area contributed by atoms with Crippen molar-refractivity contribution >= 4 is 28.9 Å². The third-order valence-electron chi connectivity index (χ3n) is 2.01. The highest BCUT2D eigenvalue weighted by Crippen LogP contribution is 2.36. The molecule has 4 heteroatoms. The summed E-state index contributed by atoms with van der Waals surface area (Å²) in [6, 6.07) is 4.01. The van der Waals surface area contributed by atoms with Crippen molar-refractivity contribution in [3.8, 4) is 5.75 Å². The Balaban J connectivity index is 2.86. The predicted octanol–water partition coefficient (Wildman–Crippen LogP) is 4.85. The van der Waals surface area contributed by atoms with E-state index in [1.807, 2.05) is 12.1 Å². The largest absolute Gasteiger partial charge is 0.490 e. The van der Waals surface area contributed by atoms with Crippen molar-refractivity contribution < 1.29 is 4.74 Å². The first-order chi connectivity index (χ1) is 7.90. The lowest BCUT2D eigenvalue weighted by atomic mass is 10.2. The van der Waals surface area contributed by atoms with Crippen molar-refractivity contribution in [2.24, 2.45) is 5.92 Å². The molecule has 0 bridgehead atoms. The van der Waals surface area contributed by atoms with Crippen LogP contribution in [0.3, 0.4) is 0 Å². The number of ether oxygens (including phenoxy) is 1. The van der Waals surface area contributed by atoms with Crippen LogP contribution in [-0.4, -0.2) is 12.6 Å². The Hall–Kier alpha value is -0.600. The van der Waals surface area contributed by atoms with Gasteiger partial charge in [0.25, 0.3) is 0 Å². The first kappa shape index (κ1) is 14.5. The Morgan fingerprint density at radius 3 is 2.06 bits per heavy atom. The highest BCUT2D eigenvalue weighted by molar-refractivity contribution is 6.37.